The molecule has 6 heteroatoms. The van der Waals surface area contributed by atoms with Crippen molar-refractivity contribution in [2.75, 3.05) is 0 Å². The number of rotatable bonds is 1. The lowest BCUT2D eigenvalue weighted by Crippen LogP contribution is -2.30. The molecule has 1 heterocycles. The summed E-state index contributed by atoms with van der Waals surface area (Å²) >= 11 is 0. The first-order valence-corrected chi connectivity index (χ1v) is 3.27. The van der Waals surface area contributed by atoms with Crippen molar-refractivity contribution in [2.24, 2.45) is 0 Å². The van der Waals surface area contributed by atoms with Crippen molar-refractivity contribution < 1.29 is 27.4 Å². The van der Waals surface area contributed by atoms with Crippen LogP contribution in [0.3, 0.4) is 0 Å². The summed E-state index contributed by atoms with van der Waals surface area (Å²) in [6.07, 6.45) is -1.09. The average Bonchev–Trinajstić information content (AvgIpc) is 2.04. The summed E-state index contributed by atoms with van der Waals surface area (Å²) in [4.78, 5) is 10.2. The van der Waals surface area contributed by atoms with Gasteiger partial charge in [0.15, 0.2) is 0 Å². The Balaban J connectivity index is 2.46. The lowest BCUT2D eigenvalue weighted by Gasteiger charge is -2.15. The maximum Gasteiger partial charge on any atom is 0.491 e. The molecular weight excluding hydrogens is 189 g/mol. The summed E-state index contributed by atoms with van der Waals surface area (Å²) in [7, 11) is 0. The van der Waals surface area contributed by atoms with Gasteiger partial charge in [-0.3, -0.25) is 0 Å². The number of halogens is 3. The van der Waals surface area contributed by atoms with E-state index < -0.39 is 18.4 Å². The minimum Gasteiger partial charge on any atom is -0.459 e. The van der Waals surface area contributed by atoms with E-state index in [4.69, 9.17) is 0 Å². The van der Waals surface area contributed by atoms with Crippen LogP contribution in [0.15, 0.2) is 24.5 Å². The van der Waals surface area contributed by atoms with E-state index in [-0.39, 0.29) is 0 Å². The van der Waals surface area contributed by atoms with Crippen LogP contribution in [0, 0.1) is 0 Å². The van der Waals surface area contributed by atoms with E-state index in [1.54, 1.807) is 0 Å². The highest BCUT2D eigenvalue weighted by atomic mass is 19.4. The van der Waals surface area contributed by atoms with Gasteiger partial charge in [0.1, 0.15) is 0 Å². The van der Waals surface area contributed by atoms with Crippen molar-refractivity contribution in [1.29, 1.82) is 0 Å². The molecule has 1 aliphatic heterocycles. The zero-order chi connectivity index (χ0) is 9.90. The molecule has 72 valence electrons. The van der Waals surface area contributed by atoms with Crippen molar-refractivity contribution in [2.45, 2.75) is 12.5 Å². The molecule has 0 aromatic rings. The Bertz CT molecular complexity index is 254. The minimum absolute atomic E-state index is 1.13. The van der Waals surface area contributed by atoms with Crippen molar-refractivity contribution in [1.82, 2.24) is 0 Å². The van der Waals surface area contributed by atoms with Crippen LogP contribution in [0.25, 0.3) is 0 Å². The van der Waals surface area contributed by atoms with Crippen LogP contribution in [0.5, 0.6) is 0 Å². The molecule has 0 radical (unpaired) electrons. The minimum atomic E-state index is -4.99. The highest BCUT2D eigenvalue weighted by Gasteiger charge is 2.42. The Hall–Kier alpha value is -1.46. The van der Waals surface area contributed by atoms with Gasteiger partial charge in [-0.2, -0.15) is 13.2 Å². The molecule has 0 aliphatic carbocycles. The van der Waals surface area contributed by atoms with Crippen molar-refractivity contribution in [3.8, 4) is 0 Å². The first-order chi connectivity index (χ1) is 6.00. The van der Waals surface area contributed by atoms with E-state index in [9.17, 15) is 18.0 Å². The Morgan fingerprint density at radius 2 is 2.08 bits per heavy atom. The molecular formula is C7H5F3O3. The third-order valence-electron chi connectivity index (χ3n) is 1.13. The summed E-state index contributed by atoms with van der Waals surface area (Å²) in [5.41, 5.74) is 0. The van der Waals surface area contributed by atoms with Gasteiger partial charge in [0, 0.05) is 0 Å². The maximum absolute atomic E-state index is 11.6. The van der Waals surface area contributed by atoms with Gasteiger partial charge in [0.25, 0.3) is 6.29 Å². The standard InChI is InChI=1S/C7H5F3O3/c8-7(9,10)6(11)13-5-3-1-2-4-12-5/h1-5H. The summed E-state index contributed by atoms with van der Waals surface area (Å²) < 4.78 is 43.4. The largest absolute Gasteiger partial charge is 0.491 e. The molecule has 3 nitrogen and oxygen atoms in total. The SMILES string of the molecule is O=C(OC1C=CC=CO1)C(F)(F)F. The van der Waals surface area contributed by atoms with Crippen LogP contribution in [-0.4, -0.2) is 18.4 Å². The second-order valence-electron chi connectivity index (χ2n) is 2.12. The summed E-state index contributed by atoms with van der Waals surface area (Å²) in [5.74, 6) is -2.27. The summed E-state index contributed by atoms with van der Waals surface area (Å²) in [6.45, 7) is 0. The number of allylic oxidation sites excluding steroid dienone is 2. The fourth-order valence-corrected chi connectivity index (χ4v) is 0.608. The molecule has 1 aliphatic rings. The topological polar surface area (TPSA) is 35.5 Å². The first-order valence-electron chi connectivity index (χ1n) is 3.27. The van der Waals surface area contributed by atoms with E-state index in [1.807, 2.05) is 0 Å². The fourth-order valence-electron chi connectivity index (χ4n) is 0.608. The van der Waals surface area contributed by atoms with E-state index in [2.05, 4.69) is 9.47 Å². The van der Waals surface area contributed by atoms with Gasteiger partial charge in [-0.1, -0.05) is 6.08 Å². The van der Waals surface area contributed by atoms with Gasteiger partial charge in [-0.25, -0.2) is 4.79 Å². The highest BCUT2D eigenvalue weighted by molar-refractivity contribution is 5.75. The van der Waals surface area contributed by atoms with Gasteiger partial charge < -0.3 is 9.47 Å². The molecule has 0 saturated carbocycles. The van der Waals surface area contributed by atoms with Crippen molar-refractivity contribution in [3.63, 3.8) is 0 Å². The van der Waals surface area contributed by atoms with Gasteiger partial charge >= 0.3 is 12.1 Å². The Morgan fingerprint density at radius 1 is 1.38 bits per heavy atom. The molecule has 0 amide bonds. The molecule has 0 saturated heterocycles. The molecule has 0 bridgehead atoms. The molecule has 0 aromatic heterocycles. The lowest BCUT2D eigenvalue weighted by atomic mass is 10.4. The van der Waals surface area contributed by atoms with E-state index in [1.165, 1.54) is 18.2 Å². The van der Waals surface area contributed by atoms with E-state index in [0.717, 1.165) is 6.26 Å². The molecule has 13 heavy (non-hydrogen) atoms. The third kappa shape index (κ3) is 2.81. The smallest absolute Gasteiger partial charge is 0.459 e. The Morgan fingerprint density at radius 3 is 2.54 bits per heavy atom. The second kappa shape index (κ2) is 3.51. The van der Waals surface area contributed by atoms with E-state index in [0.29, 0.717) is 0 Å². The van der Waals surface area contributed by atoms with Crippen LogP contribution in [-0.2, 0) is 14.3 Å². The van der Waals surface area contributed by atoms with Gasteiger partial charge in [0.05, 0.1) is 6.26 Å². The number of hydrogen-bond acceptors (Lipinski definition) is 3. The molecule has 0 spiro atoms. The second-order valence-corrected chi connectivity index (χ2v) is 2.12. The predicted molar refractivity (Wildman–Crippen MR) is 35.3 cm³/mol. The number of esters is 1. The van der Waals surface area contributed by atoms with Crippen LogP contribution in [0.1, 0.15) is 0 Å². The summed E-state index contributed by atoms with van der Waals surface area (Å²) in [6, 6.07) is 0. The lowest BCUT2D eigenvalue weighted by molar-refractivity contribution is -0.214. The highest BCUT2D eigenvalue weighted by Crippen LogP contribution is 2.18. The van der Waals surface area contributed by atoms with Gasteiger partial charge in [-0.15, -0.1) is 0 Å². The van der Waals surface area contributed by atoms with Crippen LogP contribution >= 0.6 is 0 Å². The summed E-state index contributed by atoms with van der Waals surface area (Å²) in [5, 5.41) is 0. The molecule has 1 atom stereocenters. The Labute approximate surface area is 71.4 Å². The monoisotopic (exact) mass is 194 g/mol. The van der Waals surface area contributed by atoms with Crippen LogP contribution in [0.2, 0.25) is 0 Å². The molecule has 1 unspecified atom stereocenters. The molecule has 0 N–H and O–H groups in total. The molecule has 1 rings (SSSR count). The van der Waals surface area contributed by atoms with E-state index >= 15 is 0 Å². The number of ether oxygens (including phenoxy) is 2. The number of alkyl halides is 3. The van der Waals surface area contributed by atoms with Gasteiger partial charge in [-0.05, 0) is 12.2 Å². The van der Waals surface area contributed by atoms with Gasteiger partial charge in [0.2, 0.25) is 0 Å². The maximum atomic E-state index is 11.6. The molecule has 0 fully saturated rings. The number of carbonyl (C=O) groups is 1. The predicted octanol–water partition coefficient (Wildman–Crippen LogP) is 1.52. The van der Waals surface area contributed by atoms with Crippen molar-refractivity contribution in [3.05, 3.63) is 24.5 Å². The van der Waals surface area contributed by atoms with Crippen LogP contribution in [0.4, 0.5) is 13.2 Å². The molecule has 0 aromatic carbocycles. The van der Waals surface area contributed by atoms with Crippen molar-refractivity contribution >= 4 is 5.97 Å². The van der Waals surface area contributed by atoms with Crippen LogP contribution < -0.4 is 0 Å². The first kappa shape index (κ1) is 9.63. The normalized spacial score (nSPS) is 21.0. The third-order valence-corrected chi connectivity index (χ3v) is 1.13. The fraction of sp³-hybridized carbons (Fsp3) is 0.286. The average molecular weight is 194 g/mol. The Kier molecular flexibility index (Phi) is 2.60. The number of carbonyl (C=O) groups excluding carboxylic acids is 1. The zero-order valence-corrected chi connectivity index (χ0v) is 6.25. The number of hydrogen-bond donors (Lipinski definition) is 0. The zero-order valence-electron chi connectivity index (χ0n) is 6.25. The quantitative estimate of drug-likeness (QED) is 0.593.